The van der Waals surface area contributed by atoms with Crippen LogP contribution in [0.2, 0.25) is 5.02 Å². The van der Waals surface area contributed by atoms with Crippen molar-refractivity contribution in [3.05, 3.63) is 29.3 Å². The van der Waals surface area contributed by atoms with Gasteiger partial charge in [-0.2, -0.15) is 0 Å². The highest BCUT2D eigenvalue weighted by molar-refractivity contribution is 6.30. The molecule has 2 rings (SSSR count). The minimum absolute atomic E-state index is 0.00523. The lowest BCUT2D eigenvalue weighted by molar-refractivity contribution is -0.124. The Morgan fingerprint density at radius 1 is 1.12 bits per heavy atom. The van der Waals surface area contributed by atoms with Crippen molar-refractivity contribution in [3.8, 4) is 0 Å². The summed E-state index contributed by atoms with van der Waals surface area (Å²) in [4.78, 5) is 28.2. The third kappa shape index (κ3) is 5.11. The second-order valence-electron chi connectivity index (χ2n) is 6.30. The molecular formula is C17H25ClN4O2. The summed E-state index contributed by atoms with van der Waals surface area (Å²) >= 11 is 6.04. The summed E-state index contributed by atoms with van der Waals surface area (Å²) in [6.07, 6.45) is 0. The van der Waals surface area contributed by atoms with E-state index in [1.807, 2.05) is 45.0 Å². The quantitative estimate of drug-likeness (QED) is 0.870. The average molecular weight is 353 g/mol. The molecule has 0 aromatic heterocycles. The zero-order valence-electron chi connectivity index (χ0n) is 14.4. The number of carbonyl (C=O) groups is 2. The number of benzene rings is 1. The molecule has 1 saturated heterocycles. The SMILES string of the molecule is CC(C)NC(=O)NC(=O)[C@H](C)N1CCN(c2cccc(Cl)c2)CC1. The maximum absolute atomic E-state index is 12.2. The minimum atomic E-state index is -0.445. The van der Waals surface area contributed by atoms with Gasteiger partial charge in [0.05, 0.1) is 6.04 Å². The van der Waals surface area contributed by atoms with E-state index in [0.717, 1.165) is 36.9 Å². The Hall–Kier alpha value is -1.79. The van der Waals surface area contributed by atoms with E-state index in [1.54, 1.807) is 0 Å². The van der Waals surface area contributed by atoms with Crippen LogP contribution in [-0.2, 0) is 4.79 Å². The Morgan fingerprint density at radius 3 is 2.38 bits per heavy atom. The Balaban J connectivity index is 1.85. The number of amides is 3. The van der Waals surface area contributed by atoms with E-state index in [9.17, 15) is 9.59 Å². The molecule has 1 aliphatic heterocycles. The van der Waals surface area contributed by atoms with Crippen LogP contribution < -0.4 is 15.5 Å². The fourth-order valence-electron chi connectivity index (χ4n) is 2.72. The third-order valence-corrected chi connectivity index (χ3v) is 4.31. The average Bonchev–Trinajstić information content (AvgIpc) is 2.53. The predicted molar refractivity (Wildman–Crippen MR) is 96.5 cm³/mol. The lowest BCUT2D eigenvalue weighted by Crippen LogP contribution is -2.55. The van der Waals surface area contributed by atoms with Crippen LogP contribution in [0.15, 0.2) is 24.3 Å². The second kappa shape index (κ2) is 8.35. The van der Waals surface area contributed by atoms with Crippen LogP contribution in [0.4, 0.5) is 10.5 Å². The molecule has 1 aromatic carbocycles. The Bertz CT molecular complexity index is 586. The lowest BCUT2D eigenvalue weighted by Gasteiger charge is -2.38. The van der Waals surface area contributed by atoms with Crippen LogP contribution in [0.5, 0.6) is 0 Å². The normalized spacial score (nSPS) is 16.8. The number of hydrogen-bond acceptors (Lipinski definition) is 4. The number of urea groups is 1. The number of anilines is 1. The van der Waals surface area contributed by atoms with Gasteiger partial charge < -0.3 is 10.2 Å². The standard InChI is InChI=1S/C17H25ClN4O2/c1-12(2)19-17(24)20-16(23)13(3)21-7-9-22(10-8-21)15-6-4-5-14(18)11-15/h4-6,11-13H,7-10H2,1-3H3,(H2,19,20,23,24)/t13-/m0/s1. The van der Waals surface area contributed by atoms with Crippen LogP contribution in [0, 0.1) is 0 Å². The largest absolute Gasteiger partial charge is 0.369 e. The van der Waals surface area contributed by atoms with Gasteiger partial charge in [0.2, 0.25) is 5.91 Å². The molecular weight excluding hydrogens is 328 g/mol. The van der Waals surface area contributed by atoms with E-state index in [1.165, 1.54) is 0 Å². The summed E-state index contributed by atoms with van der Waals surface area (Å²) in [5.41, 5.74) is 1.09. The molecule has 0 saturated carbocycles. The molecule has 3 amide bonds. The highest BCUT2D eigenvalue weighted by Gasteiger charge is 2.26. The summed E-state index contributed by atoms with van der Waals surface area (Å²) in [7, 11) is 0. The number of piperazine rings is 1. The minimum Gasteiger partial charge on any atom is -0.369 e. The maximum atomic E-state index is 12.2. The van der Waals surface area contributed by atoms with Crippen LogP contribution in [0.3, 0.4) is 0 Å². The van der Waals surface area contributed by atoms with E-state index in [0.29, 0.717) is 0 Å². The van der Waals surface area contributed by atoms with Gasteiger partial charge in [-0.1, -0.05) is 17.7 Å². The number of hydrogen-bond donors (Lipinski definition) is 2. The van der Waals surface area contributed by atoms with Crippen molar-refractivity contribution in [2.24, 2.45) is 0 Å². The van der Waals surface area contributed by atoms with Gasteiger partial charge in [0.1, 0.15) is 0 Å². The number of nitrogens with zero attached hydrogens (tertiary/aromatic N) is 2. The summed E-state index contributed by atoms with van der Waals surface area (Å²) < 4.78 is 0. The van der Waals surface area contributed by atoms with Crippen molar-refractivity contribution in [2.75, 3.05) is 31.1 Å². The molecule has 1 atom stereocenters. The predicted octanol–water partition coefficient (Wildman–Crippen LogP) is 2.08. The first-order valence-electron chi connectivity index (χ1n) is 8.22. The summed E-state index contributed by atoms with van der Waals surface area (Å²) in [6.45, 7) is 8.67. The first kappa shape index (κ1) is 18.5. The monoisotopic (exact) mass is 352 g/mol. The van der Waals surface area contributed by atoms with Crippen LogP contribution in [0.1, 0.15) is 20.8 Å². The molecule has 0 aliphatic carbocycles. The number of halogens is 1. The first-order valence-corrected chi connectivity index (χ1v) is 8.60. The fourth-order valence-corrected chi connectivity index (χ4v) is 2.91. The zero-order chi connectivity index (χ0) is 17.7. The topological polar surface area (TPSA) is 64.7 Å². The van der Waals surface area contributed by atoms with Gasteiger partial charge in [0, 0.05) is 42.9 Å². The van der Waals surface area contributed by atoms with Crippen molar-refractivity contribution in [1.82, 2.24) is 15.5 Å². The lowest BCUT2D eigenvalue weighted by atomic mass is 10.2. The van der Waals surface area contributed by atoms with Gasteiger partial charge in [0.15, 0.2) is 0 Å². The van der Waals surface area contributed by atoms with Crippen LogP contribution in [0.25, 0.3) is 0 Å². The molecule has 0 unspecified atom stereocenters. The summed E-state index contributed by atoms with van der Waals surface area (Å²) in [6, 6.07) is 6.99. The number of carbonyl (C=O) groups excluding carboxylic acids is 2. The Kier molecular flexibility index (Phi) is 6.45. The molecule has 7 heteroatoms. The molecule has 1 heterocycles. The van der Waals surface area contributed by atoms with Crippen LogP contribution in [-0.4, -0.2) is 55.1 Å². The van der Waals surface area contributed by atoms with Gasteiger partial charge in [-0.15, -0.1) is 0 Å². The van der Waals surface area contributed by atoms with Crippen molar-refractivity contribution < 1.29 is 9.59 Å². The van der Waals surface area contributed by atoms with Crippen molar-refractivity contribution in [2.45, 2.75) is 32.9 Å². The maximum Gasteiger partial charge on any atom is 0.321 e. The third-order valence-electron chi connectivity index (χ3n) is 4.07. The van der Waals surface area contributed by atoms with Gasteiger partial charge in [0.25, 0.3) is 0 Å². The number of rotatable bonds is 4. The van der Waals surface area contributed by atoms with E-state index in [4.69, 9.17) is 11.6 Å². The molecule has 0 radical (unpaired) electrons. The molecule has 24 heavy (non-hydrogen) atoms. The number of nitrogens with one attached hydrogen (secondary N) is 2. The summed E-state index contributed by atoms with van der Waals surface area (Å²) in [5.74, 6) is -0.274. The highest BCUT2D eigenvalue weighted by atomic mass is 35.5. The van der Waals surface area contributed by atoms with E-state index < -0.39 is 6.03 Å². The van der Waals surface area contributed by atoms with Gasteiger partial charge in [-0.05, 0) is 39.0 Å². The first-order chi connectivity index (χ1) is 11.4. The molecule has 6 nitrogen and oxygen atoms in total. The fraction of sp³-hybridized carbons (Fsp3) is 0.529. The molecule has 0 bridgehead atoms. The Morgan fingerprint density at radius 2 is 1.79 bits per heavy atom. The zero-order valence-corrected chi connectivity index (χ0v) is 15.1. The van der Waals surface area contributed by atoms with Crippen LogP contribution >= 0.6 is 11.6 Å². The van der Waals surface area contributed by atoms with Crippen molar-refractivity contribution in [1.29, 1.82) is 0 Å². The molecule has 0 spiro atoms. The smallest absolute Gasteiger partial charge is 0.321 e. The second-order valence-corrected chi connectivity index (χ2v) is 6.73. The molecule has 1 fully saturated rings. The van der Waals surface area contributed by atoms with Gasteiger partial charge >= 0.3 is 6.03 Å². The molecule has 2 N–H and O–H groups in total. The molecule has 1 aromatic rings. The van der Waals surface area contributed by atoms with Gasteiger partial charge in [-0.3, -0.25) is 15.0 Å². The van der Waals surface area contributed by atoms with Crippen molar-refractivity contribution in [3.63, 3.8) is 0 Å². The number of imide groups is 1. The van der Waals surface area contributed by atoms with E-state index in [-0.39, 0.29) is 18.0 Å². The Labute approximate surface area is 148 Å². The molecule has 132 valence electrons. The van der Waals surface area contributed by atoms with E-state index >= 15 is 0 Å². The van der Waals surface area contributed by atoms with Crippen molar-refractivity contribution >= 4 is 29.2 Å². The van der Waals surface area contributed by atoms with Gasteiger partial charge in [-0.25, -0.2) is 4.79 Å². The highest BCUT2D eigenvalue weighted by Crippen LogP contribution is 2.21. The molecule has 1 aliphatic rings. The van der Waals surface area contributed by atoms with E-state index in [2.05, 4.69) is 20.4 Å². The summed E-state index contributed by atoms with van der Waals surface area (Å²) in [5, 5.41) is 5.77.